The summed E-state index contributed by atoms with van der Waals surface area (Å²) < 4.78 is 0. The zero-order valence-electron chi connectivity index (χ0n) is 13.3. The van der Waals surface area contributed by atoms with Crippen LogP contribution in [-0.2, 0) is 11.2 Å². The van der Waals surface area contributed by atoms with E-state index in [2.05, 4.69) is 17.1 Å². The van der Waals surface area contributed by atoms with Gasteiger partial charge in [0.05, 0.1) is 0 Å². The molecule has 0 atom stereocenters. The van der Waals surface area contributed by atoms with Crippen molar-refractivity contribution >= 4 is 23.3 Å². The minimum absolute atomic E-state index is 0.0961. The summed E-state index contributed by atoms with van der Waals surface area (Å²) in [5.41, 5.74) is 1.05. The summed E-state index contributed by atoms with van der Waals surface area (Å²) in [5, 5.41) is 10.7. The highest BCUT2D eigenvalue weighted by atomic mass is 32.1. The van der Waals surface area contributed by atoms with Crippen LogP contribution in [-0.4, -0.2) is 34.1 Å². The molecular formula is C18H21N3OS. The molecule has 0 spiro atoms. The molecule has 0 radical (unpaired) electrons. The van der Waals surface area contributed by atoms with Gasteiger partial charge in [-0.25, -0.2) is 0 Å². The zero-order valence-corrected chi connectivity index (χ0v) is 14.1. The Balaban J connectivity index is 1.54. The Hall–Kier alpha value is -2.01. The molecule has 0 unspecified atom stereocenters. The molecule has 1 aromatic heterocycles. The number of aryl methyl sites for hydroxylation is 1. The number of benzene rings is 1. The van der Waals surface area contributed by atoms with E-state index in [0.29, 0.717) is 5.92 Å². The second kappa shape index (κ2) is 7.51. The maximum absolute atomic E-state index is 12.3. The van der Waals surface area contributed by atoms with Crippen LogP contribution in [0.1, 0.15) is 41.3 Å². The number of nitrogens with zero attached hydrogens (tertiary/aromatic N) is 3. The standard InChI is InChI=1S/C18H21N3OS/c1-2-16-19-20-18(23-16)15-10-12-21(13-11-15)17(22)9-8-14-6-4-3-5-7-14/h3-9,15H,2,10-13H2,1H3/b9-8-. The van der Waals surface area contributed by atoms with Crippen LogP contribution in [0.3, 0.4) is 0 Å². The fourth-order valence-corrected chi connectivity index (χ4v) is 3.71. The van der Waals surface area contributed by atoms with Gasteiger partial charge in [-0.15, -0.1) is 21.5 Å². The van der Waals surface area contributed by atoms with E-state index in [1.807, 2.05) is 41.3 Å². The average Bonchev–Trinajstić information content (AvgIpc) is 3.10. The van der Waals surface area contributed by atoms with E-state index in [1.165, 1.54) is 0 Å². The van der Waals surface area contributed by atoms with Crippen molar-refractivity contribution in [1.82, 2.24) is 15.1 Å². The predicted octanol–water partition coefficient (Wildman–Crippen LogP) is 3.52. The first-order valence-electron chi connectivity index (χ1n) is 8.10. The normalized spacial score (nSPS) is 16.1. The van der Waals surface area contributed by atoms with Crippen LogP contribution in [0.2, 0.25) is 0 Å². The molecule has 120 valence electrons. The molecule has 1 aromatic carbocycles. The van der Waals surface area contributed by atoms with Crippen molar-refractivity contribution in [3.63, 3.8) is 0 Å². The first kappa shape index (κ1) is 15.9. The number of likely N-dealkylation sites (tertiary alicyclic amines) is 1. The Labute approximate surface area is 140 Å². The van der Waals surface area contributed by atoms with Crippen LogP contribution in [0.25, 0.3) is 6.08 Å². The molecule has 1 amide bonds. The molecular weight excluding hydrogens is 306 g/mol. The lowest BCUT2D eigenvalue weighted by Gasteiger charge is -2.30. The minimum Gasteiger partial charge on any atom is -0.339 e. The number of carbonyl (C=O) groups is 1. The van der Waals surface area contributed by atoms with Crippen molar-refractivity contribution in [2.75, 3.05) is 13.1 Å². The molecule has 5 heteroatoms. The molecule has 1 saturated heterocycles. The Bertz CT molecular complexity index is 673. The first-order chi connectivity index (χ1) is 11.3. The van der Waals surface area contributed by atoms with Crippen molar-refractivity contribution in [2.24, 2.45) is 0 Å². The van der Waals surface area contributed by atoms with Crippen molar-refractivity contribution in [3.05, 3.63) is 52.0 Å². The SMILES string of the molecule is CCc1nnc(C2CCN(C(=O)/C=C\c3ccccc3)CC2)s1. The van der Waals surface area contributed by atoms with E-state index < -0.39 is 0 Å². The Morgan fingerprint density at radius 1 is 1.26 bits per heavy atom. The molecule has 1 fully saturated rings. The average molecular weight is 327 g/mol. The molecule has 2 heterocycles. The van der Waals surface area contributed by atoms with Gasteiger partial charge in [0.1, 0.15) is 10.0 Å². The number of hydrogen-bond acceptors (Lipinski definition) is 4. The van der Waals surface area contributed by atoms with E-state index in [9.17, 15) is 4.79 Å². The molecule has 0 N–H and O–H groups in total. The fraction of sp³-hybridized carbons (Fsp3) is 0.389. The summed E-state index contributed by atoms with van der Waals surface area (Å²) in [4.78, 5) is 14.2. The quantitative estimate of drug-likeness (QED) is 0.807. The number of amides is 1. The van der Waals surface area contributed by atoms with Crippen LogP contribution in [0.15, 0.2) is 36.4 Å². The monoisotopic (exact) mass is 327 g/mol. The van der Waals surface area contributed by atoms with Gasteiger partial charge in [0.15, 0.2) is 0 Å². The molecule has 23 heavy (non-hydrogen) atoms. The van der Waals surface area contributed by atoms with Crippen molar-refractivity contribution in [2.45, 2.75) is 32.1 Å². The van der Waals surface area contributed by atoms with Gasteiger partial charge in [0.2, 0.25) is 5.91 Å². The van der Waals surface area contributed by atoms with Crippen molar-refractivity contribution in [1.29, 1.82) is 0 Å². The highest BCUT2D eigenvalue weighted by Crippen LogP contribution is 2.30. The van der Waals surface area contributed by atoms with Crippen LogP contribution >= 0.6 is 11.3 Å². The Morgan fingerprint density at radius 3 is 2.65 bits per heavy atom. The Morgan fingerprint density at radius 2 is 2.00 bits per heavy atom. The third-order valence-corrected chi connectivity index (χ3v) is 5.39. The van der Waals surface area contributed by atoms with Gasteiger partial charge < -0.3 is 4.90 Å². The van der Waals surface area contributed by atoms with E-state index in [1.54, 1.807) is 17.4 Å². The molecule has 0 aliphatic carbocycles. The van der Waals surface area contributed by atoms with Crippen LogP contribution in [0.5, 0.6) is 0 Å². The van der Waals surface area contributed by atoms with E-state index in [4.69, 9.17) is 0 Å². The molecule has 3 rings (SSSR count). The topological polar surface area (TPSA) is 46.1 Å². The van der Waals surface area contributed by atoms with Crippen molar-refractivity contribution < 1.29 is 4.79 Å². The van der Waals surface area contributed by atoms with Gasteiger partial charge in [0, 0.05) is 25.1 Å². The molecule has 0 saturated carbocycles. The third kappa shape index (κ3) is 4.05. The lowest BCUT2D eigenvalue weighted by Crippen LogP contribution is -2.36. The predicted molar refractivity (Wildman–Crippen MR) is 93.3 cm³/mol. The highest BCUT2D eigenvalue weighted by Gasteiger charge is 2.25. The number of aromatic nitrogens is 2. The fourth-order valence-electron chi connectivity index (χ4n) is 2.76. The maximum Gasteiger partial charge on any atom is 0.246 e. The smallest absolute Gasteiger partial charge is 0.246 e. The Kier molecular flexibility index (Phi) is 5.18. The van der Waals surface area contributed by atoms with Gasteiger partial charge in [0.25, 0.3) is 0 Å². The third-order valence-electron chi connectivity index (χ3n) is 4.16. The lowest BCUT2D eigenvalue weighted by atomic mass is 9.97. The van der Waals surface area contributed by atoms with Crippen molar-refractivity contribution in [3.8, 4) is 0 Å². The molecule has 4 nitrogen and oxygen atoms in total. The summed E-state index contributed by atoms with van der Waals surface area (Å²) >= 11 is 1.72. The second-order valence-corrected chi connectivity index (χ2v) is 6.82. The number of hydrogen-bond donors (Lipinski definition) is 0. The first-order valence-corrected chi connectivity index (χ1v) is 8.92. The van der Waals surface area contributed by atoms with E-state index >= 15 is 0 Å². The zero-order chi connectivity index (χ0) is 16.1. The van der Waals surface area contributed by atoms with Gasteiger partial charge in [-0.3, -0.25) is 4.79 Å². The summed E-state index contributed by atoms with van der Waals surface area (Å²) in [6.45, 7) is 3.69. The second-order valence-electron chi connectivity index (χ2n) is 5.73. The maximum atomic E-state index is 12.3. The van der Waals surface area contributed by atoms with Crippen LogP contribution < -0.4 is 0 Å². The minimum atomic E-state index is 0.0961. The largest absolute Gasteiger partial charge is 0.339 e. The summed E-state index contributed by atoms with van der Waals surface area (Å²) in [6, 6.07) is 9.92. The molecule has 1 aliphatic heterocycles. The van der Waals surface area contributed by atoms with Crippen LogP contribution in [0.4, 0.5) is 0 Å². The molecule has 0 bridgehead atoms. The summed E-state index contributed by atoms with van der Waals surface area (Å²) in [7, 11) is 0. The van der Waals surface area contributed by atoms with Gasteiger partial charge in [-0.05, 0) is 30.9 Å². The van der Waals surface area contributed by atoms with Gasteiger partial charge in [-0.2, -0.15) is 0 Å². The molecule has 2 aromatic rings. The van der Waals surface area contributed by atoms with E-state index in [-0.39, 0.29) is 5.91 Å². The number of carbonyl (C=O) groups excluding carboxylic acids is 1. The van der Waals surface area contributed by atoms with Gasteiger partial charge >= 0.3 is 0 Å². The van der Waals surface area contributed by atoms with Gasteiger partial charge in [-0.1, -0.05) is 37.3 Å². The molecule has 1 aliphatic rings. The summed E-state index contributed by atoms with van der Waals surface area (Å²) in [6.07, 6.45) is 6.45. The summed E-state index contributed by atoms with van der Waals surface area (Å²) in [5.74, 6) is 0.550. The number of piperidine rings is 1. The highest BCUT2D eigenvalue weighted by molar-refractivity contribution is 7.11. The van der Waals surface area contributed by atoms with Crippen LogP contribution in [0, 0.1) is 0 Å². The lowest BCUT2D eigenvalue weighted by molar-refractivity contribution is -0.126. The number of rotatable bonds is 4. The van der Waals surface area contributed by atoms with E-state index in [0.717, 1.165) is 47.9 Å².